The normalized spacial score (nSPS) is 15.3. The van der Waals surface area contributed by atoms with Crippen molar-refractivity contribution in [1.29, 1.82) is 0 Å². The SMILES string of the molecule is Cc1ncc(Nc2cc(F)cc(N3CCCC3)c2)cc1C(=O)Nc1ccc(NCC2CC2)nc1. The number of pyridine rings is 2. The number of carbonyl (C=O) groups excluding carboxylic acids is 1. The molecule has 176 valence electrons. The summed E-state index contributed by atoms with van der Waals surface area (Å²) in [6.45, 7) is 4.60. The zero-order valence-corrected chi connectivity index (χ0v) is 19.3. The molecule has 0 radical (unpaired) electrons. The average Bonchev–Trinajstić information content (AvgIpc) is 3.49. The first-order chi connectivity index (χ1) is 16.5. The molecule has 2 aliphatic rings. The number of hydrogen-bond donors (Lipinski definition) is 3. The predicted octanol–water partition coefficient (Wildman–Crippen LogP) is 5.34. The summed E-state index contributed by atoms with van der Waals surface area (Å²) in [6.07, 6.45) is 8.09. The molecule has 5 rings (SSSR count). The van der Waals surface area contributed by atoms with Gasteiger partial charge in [-0.25, -0.2) is 9.37 Å². The van der Waals surface area contributed by atoms with Crippen molar-refractivity contribution in [3.05, 3.63) is 65.9 Å². The zero-order chi connectivity index (χ0) is 23.5. The van der Waals surface area contributed by atoms with Crippen LogP contribution in [0.3, 0.4) is 0 Å². The van der Waals surface area contributed by atoms with Gasteiger partial charge in [0.25, 0.3) is 5.91 Å². The Morgan fingerprint density at radius 3 is 2.56 bits per heavy atom. The molecule has 1 saturated heterocycles. The molecule has 8 heteroatoms. The van der Waals surface area contributed by atoms with E-state index in [1.165, 1.54) is 18.9 Å². The van der Waals surface area contributed by atoms with Crippen LogP contribution >= 0.6 is 0 Å². The van der Waals surface area contributed by atoms with Crippen LogP contribution in [0, 0.1) is 18.7 Å². The highest BCUT2D eigenvalue weighted by Gasteiger charge is 2.20. The lowest BCUT2D eigenvalue weighted by Crippen LogP contribution is -2.17. The fourth-order valence-corrected chi connectivity index (χ4v) is 4.14. The Kier molecular flexibility index (Phi) is 6.29. The molecule has 0 bridgehead atoms. The van der Waals surface area contributed by atoms with E-state index in [0.717, 1.165) is 49.9 Å². The van der Waals surface area contributed by atoms with Gasteiger partial charge in [-0.1, -0.05) is 0 Å². The van der Waals surface area contributed by atoms with Crippen molar-refractivity contribution in [2.45, 2.75) is 32.6 Å². The van der Waals surface area contributed by atoms with E-state index >= 15 is 0 Å². The third-order valence-corrected chi connectivity index (χ3v) is 6.26. The summed E-state index contributed by atoms with van der Waals surface area (Å²) >= 11 is 0. The molecule has 0 spiro atoms. The number of nitrogens with one attached hydrogen (secondary N) is 3. The summed E-state index contributed by atoms with van der Waals surface area (Å²) < 4.78 is 14.3. The largest absolute Gasteiger partial charge is 0.371 e. The van der Waals surface area contributed by atoms with Gasteiger partial charge in [0.1, 0.15) is 11.6 Å². The van der Waals surface area contributed by atoms with E-state index in [9.17, 15) is 9.18 Å². The van der Waals surface area contributed by atoms with Crippen LogP contribution in [0.5, 0.6) is 0 Å². The number of nitrogens with zero attached hydrogens (tertiary/aromatic N) is 3. The van der Waals surface area contributed by atoms with Crippen molar-refractivity contribution in [3.63, 3.8) is 0 Å². The van der Waals surface area contributed by atoms with E-state index in [1.54, 1.807) is 31.5 Å². The second-order valence-corrected chi connectivity index (χ2v) is 9.08. The molecule has 1 aliphatic heterocycles. The predicted molar refractivity (Wildman–Crippen MR) is 134 cm³/mol. The van der Waals surface area contributed by atoms with E-state index in [4.69, 9.17) is 0 Å². The van der Waals surface area contributed by atoms with Crippen molar-refractivity contribution < 1.29 is 9.18 Å². The number of hydrogen-bond acceptors (Lipinski definition) is 6. The summed E-state index contributed by atoms with van der Waals surface area (Å²) in [6, 6.07) is 10.4. The Balaban J connectivity index is 1.27. The summed E-state index contributed by atoms with van der Waals surface area (Å²) in [5.41, 5.74) is 3.76. The molecule has 1 amide bonds. The maximum atomic E-state index is 14.3. The van der Waals surface area contributed by atoms with Crippen LogP contribution in [-0.4, -0.2) is 35.5 Å². The fourth-order valence-electron chi connectivity index (χ4n) is 4.14. The van der Waals surface area contributed by atoms with Crippen molar-refractivity contribution in [2.75, 3.05) is 40.5 Å². The van der Waals surface area contributed by atoms with E-state index in [2.05, 4.69) is 30.8 Å². The zero-order valence-electron chi connectivity index (χ0n) is 19.3. The second kappa shape index (κ2) is 9.67. The van der Waals surface area contributed by atoms with Crippen LogP contribution in [0.2, 0.25) is 0 Å². The van der Waals surface area contributed by atoms with Crippen LogP contribution in [-0.2, 0) is 0 Å². The maximum Gasteiger partial charge on any atom is 0.257 e. The Morgan fingerprint density at radius 2 is 1.82 bits per heavy atom. The van der Waals surface area contributed by atoms with E-state index in [1.807, 2.05) is 18.2 Å². The van der Waals surface area contributed by atoms with E-state index < -0.39 is 0 Å². The summed E-state index contributed by atoms with van der Waals surface area (Å²) in [4.78, 5) is 23.9. The lowest BCUT2D eigenvalue weighted by atomic mass is 10.1. The smallest absolute Gasteiger partial charge is 0.257 e. The molecule has 3 aromatic rings. The van der Waals surface area contributed by atoms with Gasteiger partial charge in [0.2, 0.25) is 0 Å². The topological polar surface area (TPSA) is 82.2 Å². The van der Waals surface area contributed by atoms with Gasteiger partial charge >= 0.3 is 0 Å². The van der Waals surface area contributed by atoms with Crippen LogP contribution < -0.4 is 20.9 Å². The van der Waals surface area contributed by atoms with Crippen molar-refractivity contribution >= 4 is 34.5 Å². The van der Waals surface area contributed by atoms with Gasteiger partial charge in [-0.05, 0) is 74.9 Å². The summed E-state index contributed by atoms with van der Waals surface area (Å²) in [5.74, 6) is 0.993. The maximum absolute atomic E-state index is 14.3. The average molecular weight is 461 g/mol. The van der Waals surface area contributed by atoms with Crippen LogP contribution in [0.25, 0.3) is 0 Å². The molecule has 1 saturated carbocycles. The van der Waals surface area contributed by atoms with Crippen molar-refractivity contribution in [3.8, 4) is 0 Å². The molecule has 1 aromatic carbocycles. The molecule has 3 heterocycles. The van der Waals surface area contributed by atoms with Crippen molar-refractivity contribution in [2.24, 2.45) is 5.92 Å². The third kappa shape index (κ3) is 5.44. The van der Waals surface area contributed by atoms with Gasteiger partial charge in [0.05, 0.1) is 35.0 Å². The number of aryl methyl sites for hydroxylation is 1. The molecule has 7 nitrogen and oxygen atoms in total. The molecular weight excluding hydrogens is 431 g/mol. The first-order valence-electron chi connectivity index (χ1n) is 11.8. The number of amides is 1. The monoisotopic (exact) mass is 460 g/mol. The highest BCUT2D eigenvalue weighted by molar-refractivity contribution is 6.05. The van der Waals surface area contributed by atoms with E-state index in [0.29, 0.717) is 28.3 Å². The summed E-state index contributed by atoms with van der Waals surface area (Å²) in [7, 11) is 0. The van der Waals surface area contributed by atoms with E-state index in [-0.39, 0.29) is 11.7 Å². The number of anilines is 5. The molecule has 3 N–H and O–H groups in total. The quantitative estimate of drug-likeness (QED) is 0.421. The fraction of sp³-hybridized carbons (Fsp3) is 0.346. The number of benzene rings is 1. The Bertz CT molecular complexity index is 1170. The minimum absolute atomic E-state index is 0.272. The molecular formula is C26H29FN6O. The number of aromatic nitrogens is 2. The Hall–Kier alpha value is -3.68. The molecule has 2 aromatic heterocycles. The highest BCUT2D eigenvalue weighted by atomic mass is 19.1. The number of rotatable bonds is 8. The third-order valence-electron chi connectivity index (χ3n) is 6.26. The number of carbonyl (C=O) groups is 1. The van der Waals surface area contributed by atoms with Crippen LogP contribution in [0.4, 0.5) is 33.0 Å². The molecule has 0 unspecified atom stereocenters. The number of halogens is 1. The molecule has 2 fully saturated rings. The van der Waals surface area contributed by atoms with Crippen LogP contribution in [0.1, 0.15) is 41.7 Å². The minimum atomic E-state index is -0.299. The first kappa shape index (κ1) is 22.1. The lowest BCUT2D eigenvalue weighted by Gasteiger charge is -2.19. The standard InChI is InChI=1S/C26H29FN6O/c1-17-24(26(34)32-20-6-7-25(30-15-20)29-14-18-4-5-18)13-22(16-28-17)31-21-10-19(27)11-23(12-21)33-8-2-3-9-33/h6-7,10-13,15-16,18,31H,2-5,8-9,14H2,1H3,(H,29,30)(H,32,34). The highest BCUT2D eigenvalue weighted by Crippen LogP contribution is 2.29. The Morgan fingerprint density at radius 1 is 1.03 bits per heavy atom. The second-order valence-electron chi connectivity index (χ2n) is 9.08. The van der Waals surface area contributed by atoms with Crippen LogP contribution in [0.15, 0.2) is 48.8 Å². The molecule has 34 heavy (non-hydrogen) atoms. The van der Waals surface area contributed by atoms with Gasteiger partial charge in [0.15, 0.2) is 0 Å². The Labute approximate surface area is 198 Å². The van der Waals surface area contributed by atoms with Gasteiger partial charge in [0, 0.05) is 31.0 Å². The first-order valence-corrected chi connectivity index (χ1v) is 11.8. The van der Waals surface area contributed by atoms with Gasteiger partial charge in [-0.15, -0.1) is 0 Å². The van der Waals surface area contributed by atoms with Gasteiger partial charge < -0.3 is 20.9 Å². The lowest BCUT2D eigenvalue weighted by molar-refractivity contribution is 0.102. The van der Waals surface area contributed by atoms with Gasteiger partial charge in [-0.3, -0.25) is 9.78 Å². The molecule has 0 atom stereocenters. The summed E-state index contributed by atoms with van der Waals surface area (Å²) in [5, 5.41) is 9.40. The molecule has 1 aliphatic carbocycles. The van der Waals surface area contributed by atoms with Gasteiger partial charge in [-0.2, -0.15) is 0 Å². The minimum Gasteiger partial charge on any atom is -0.371 e. The van der Waals surface area contributed by atoms with Crippen molar-refractivity contribution in [1.82, 2.24) is 9.97 Å².